The van der Waals surface area contributed by atoms with Gasteiger partial charge in [0.1, 0.15) is 0 Å². The smallest absolute Gasteiger partial charge is 0.313 e. The zero-order chi connectivity index (χ0) is 12.3. The van der Waals surface area contributed by atoms with Crippen molar-refractivity contribution in [3.63, 3.8) is 0 Å². The molecule has 0 aliphatic heterocycles. The topological polar surface area (TPSA) is 80.4 Å². The van der Waals surface area contributed by atoms with Crippen LogP contribution < -0.4 is 0 Å². The molecular formula is C8H5Cl2NO4S. The van der Waals surface area contributed by atoms with E-state index in [0.29, 0.717) is 0 Å². The molecule has 1 rings (SSSR count). The lowest BCUT2D eigenvalue weighted by Crippen LogP contribution is -1.99. The lowest BCUT2D eigenvalue weighted by atomic mass is 10.3. The Morgan fingerprint density at radius 2 is 2.00 bits per heavy atom. The molecule has 0 saturated carbocycles. The highest BCUT2D eigenvalue weighted by Crippen LogP contribution is 2.36. The van der Waals surface area contributed by atoms with Crippen molar-refractivity contribution in [3.8, 4) is 0 Å². The first-order valence-electron chi connectivity index (χ1n) is 3.90. The maximum Gasteiger partial charge on any atom is 0.313 e. The molecule has 0 fully saturated rings. The fraction of sp³-hybridized carbons (Fsp3) is 0.125. The summed E-state index contributed by atoms with van der Waals surface area (Å²) in [4.78, 5) is 20.6. The molecule has 0 spiro atoms. The summed E-state index contributed by atoms with van der Waals surface area (Å²) in [5.41, 5.74) is -0.249. The Morgan fingerprint density at radius 1 is 1.44 bits per heavy atom. The van der Waals surface area contributed by atoms with E-state index in [-0.39, 0.29) is 26.4 Å². The van der Waals surface area contributed by atoms with Gasteiger partial charge in [-0.3, -0.25) is 14.9 Å². The predicted octanol–water partition coefficient (Wildman–Crippen LogP) is 3.08. The number of hydrogen-bond donors (Lipinski definition) is 1. The molecular weight excluding hydrogens is 277 g/mol. The normalized spacial score (nSPS) is 10.1. The first kappa shape index (κ1) is 13.1. The van der Waals surface area contributed by atoms with Crippen LogP contribution >= 0.6 is 35.0 Å². The van der Waals surface area contributed by atoms with Gasteiger partial charge in [-0.05, 0) is 6.07 Å². The molecule has 0 aliphatic carbocycles. The highest BCUT2D eigenvalue weighted by molar-refractivity contribution is 8.00. The van der Waals surface area contributed by atoms with Crippen molar-refractivity contribution in [2.45, 2.75) is 4.90 Å². The first-order chi connectivity index (χ1) is 7.41. The summed E-state index contributed by atoms with van der Waals surface area (Å²) in [6.07, 6.45) is 0. The van der Waals surface area contributed by atoms with E-state index in [9.17, 15) is 14.9 Å². The number of carboxylic acids is 1. The Hall–Kier alpha value is -0.980. The molecule has 1 N–H and O–H groups in total. The predicted molar refractivity (Wildman–Crippen MR) is 61.5 cm³/mol. The van der Waals surface area contributed by atoms with Gasteiger partial charge in [-0.2, -0.15) is 0 Å². The molecule has 0 bridgehead atoms. The van der Waals surface area contributed by atoms with E-state index in [2.05, 4.69) is 0 Å². The number of nitrogens with zero attached hydrogens (tertiary/aromatic N) is 1. The van der Waals surface area contributed by atoms with Gasteiger partial charge < -0.3 is 5.11 Å². The van der Waals surface area contributed by atoms with E-state index in [0.717, 1.165) is 17.8 Å². The van der Waals surface area contributed by atoms with Gasteiger partial charge in [0, 0.05) is 6.07 Å². The molecule has 0 saturated heterocycles. The standard InChI is InChI=1S/C8H5Cl2NO4S/c9-4-1-6(11(14)15)7(2-5(4)10)16-3-8(12)13/h1-2H,3H2,(H,12,13). The van der Waals surface area contributed by atoms with E-state index in [1.165, 1.54) is 6.07 Å². The van der Waals surface area contributed by atoms with Crippen LogP contribution in [0.1, 0.15) is 0 Å². The van der Waals surface area contributed by atoms with Gasteiger partial charge in [-0.25, -0.2) is 0 Å². The zero-order valence-corrected chi connectivity index (χ0v) is 9.97. The van der Waals surface area contributed by atoms with E-state index in [1.807, 2.05) is 0 Å². The number of carbonyl (C=O) groups is 1. The number of nitro groups is 1. The quantitative estimate of drug-likeness (QED) is 0.521. The third-order valence-electron chi connectivity index (χ3n) is 1.55. The van der Waals surface area contributed by atoms with Crippen LogP contribution in [0.2, 0.25) is 10.0 Å². The number of carboxylic acid groups (broad SMARTS) is 1. The van der Waals surface area contributed by atoms with Gasteiger partial charge in [0.2, 0.25) is 0 Å². The molecule has 0 aromatic heterocycles. The fourth-order valence-corrected chi connectivity index (χ4v) is 2.06. The van der Waals surface area contributed by atoms with Crippen LogP contribution in [0.4, 0.5) is 5.69 Å². The van der Waals surface area contributed by atoms with Crippen molar-refractivity contribution in [2.24, 2.45) is 0 Å². The number of thioether (sulfide) groups is 1. The average molecular weight is 282 g/mol. The van der Waals surface area contributed by atoms with Gasteiger partial charge in [0.05, 0.1) is 25.6 Å². The molecule has 0 unspecified atom stereocenters. The Balaban J connectivity index is 3.09. The summed E-state index contributed by atoms with van der Waals surface area (Å²) in [6.45, 7) is 0. The lowest BCUT2D eigenvalue weighted by Gasteiger charge is -2.03. The summed E-state index contributed by atoms with van der Waals surface area (Å²) in [5.74, 6) is -1.34. The lowest BCUT2D eigenvalue weighted by molar-refractivity contribution is -0.387. The molecule has 1 aromatic carbocycles. The first-order valence-corrected chi connectivity index (χ1v) is 5.64. The van der Waals surface area contributed by atoms with Crippen LogP contribution in [0.25, 0.3) is 0 Å². The monoisotopic (exact) mass is 281 g/mol. The highest BCUT2D eigenvalue weighted by Gasteiger charge is 2.18. The van der Waals surface area contributed by atoms with Gasteiger partial charge in [-0.1, -0.05) is 23.2 Å². The molecule has 5 nitrogen and oxygen atoms in total. The van der Waals surface area contributed by atoms with E-state index in [1.54, 1.807) is 0 Å². The highest BCUT2D eigenvalue weighted by atomic mass is 35.5. The largest absolute Gasteiger partial charge is 0.481 e. The van der Waals surface area contributed by atoms with Crippen LogP contribution in [0, 0.1) is 10.1 Å². The van der Waals surface area contributed by atoms with Gasteiger partial charge >= 0.3 is 5.97 Å². The van der Waals surface area contributed by atoms with Gasteiger partial charge in [0.25, 0.3) is 5.69 Å². The second kappa shape index (κ2) is 5.38. The third kappa shape index (κ3) is 3.26. The van der Waals surface area contributed by atoms with Gasteiger partial charge in [0.15, 0.2) is 0 Å². The van der Waals surface area contributed by atoms with Crippen LogP contribution in [-0.4, -0.2) is 21.8 Å². The summed E-state index contributed by atoms with van der Waals surface area (Å²) in [5, 5.41) is 19.4. The number of halogens is 2. The summed E-state index contributed by atoms with van der Waals surface area (Å²) >= 11 is 12.1. The van der Waals surface area contributed by atoms with Crippen LogP contribution in [-0.2, 0) is 4.79 Å². The van der Waals surface area contributed by atoms with Crippen molar-refractivity contribution in [3.05, 3.63) is 32.3 Å². The molecule has 0 aliphatic rings. The molecule has 0 heterocycles. The minimum Gasteiger partial charge on any atom is -0.481 e. The molecule has 0 atom stereocenters. The number of benzene rings is 1. The van der Waals surface area contributed by atoms with Crippen molar-refractivity contribution in [1.29, 1.82) is 0 Å². The summed E-state index contributed by atoms with van der Waals surface area (Å²) < 4.78 is 0. The fourth-order valence-electron chi connectivity index (χ4n) is 0.916. The maximum absolute atomic E-state index is 10.7. The average Bonchev–Trinajstić information content (AvgIpc) is 2.18. The molecule has 0 radical (unpaired) electrons. The van der Waals surface area contributed by atoms with E-state index >= 15 is 0 Å². The number of nitro benzene ring substituents is 1. The molecule has 0 amide bonds. The molecule has 1 aromatic rings. The maximum atomic E-state index is 10.7. The Kier molecular flexibility index (Phi) is 4.40. The second-order valence-corrected chi connectivity index (χ2v) is 4.51. The molecule has 16 heavy (non-hydrogen) atoms. The Bertz CT molecular complexity index is 452. The number of rotatable bonds is 4. The number of aliphatic carboxylic acids is 1. The Labute approximate surface area is 104 Å². The zero-order valence-electron chi connectivity index (χ0n) is 7.65. The molecule has 8 heteroatoms. The Morgan fingerprint density at radius 3 is 2.50 bits per heavy atom. The van der Waals surface area contributed by atoms with Crippen LogP contribution in [0.15, 0.2) is 17.0 Å². The van der Waals surface area contributed by atoms with Gasteiger partial charge in [-0.15, -0.1) is 11.8 Å². The van der Waals surface area contributed by atoms with E-state index < -0.39 is 10.9 Å². The van der Waals surface area contributed by atoms with Crippen molar-refractivity contribution < 1.29 is 14.8 Å². The summed E-state index contributed by atoms with van der Waals surface area (Å²) in [6, 6.07) is 2.39. The number of hydrogen-bond acceptors (Lipinski definition) is 4. The second-order valence-electron chi connectivity index (χ2n) is 2.67. The third-order valence-corrected chi connectivity index (χ3v) is 3.30. The van der Waals surface area contributed by atoms with Crippen molar-refractivity contribution in [1.82, 2.24) is 0 Å². The van der Waals surface area contributed by atoms with Crippen LogP contribution in [0.3, 0.4) is 0 Å². The van der Waals surface area contributed by atoms with Crippen molar-refractivity contribution >= 4 is 46.6 Å². The summed E-state index contributed by atoms with van der Waals surface area (Å²) in [7, 11) is 0. The van der Waals surface area contributed by atoms with Crippen LogP contribution in [0.5, 0.6) is 0 Å². The minimum absolute atomic E-state index is 0.0630. The van der Waals surface area contributed by atoms with E-state index in [4.69, 9.17) is 28.3 Å². The SMILES string of the molecule is O=C(O)CSc1cc(Cl)c(Cl)cc1[N+](=O)[O-]. The molecule has 86 valence electrons. The van der Waals surface area contributed by atoms with Crippen molar-refractivity contribution in [2.75, 3.05) is 5.75 Å². The minimum atomic E-state index is -1.06.